The normalized spacial score (nSPS) is 11.1. The first-order valence-corrected chi connectivity index (χ1v) is 22.2. The summed E-state index contributed by atoms with van der Waals surface area (Å²) in [5, 5.41) is 10.0. The molecule has 0 saturated carbocycles. The van der Waals surface area contributed by atoms with Gasteiger partial charge in [-0.25, -0.2) is 0 Å². The molecule has 0 saturated heterocycles. The summed E-state index contributed by atoms with van der Waals surface area (Å²) < 4.78 is 27.0. The number of pyridine rings is 6. The number of benzene rings is 1. The van der Waals surface area contributed by atoms with E-state index >= 15 is 0 Å². The number of halogens is 1. The average Bonchev–Trinajstić information content (AvgIpc) is 3.27. The van der Waals surface area contributed by atoms with Crippen LogP contribution in [-0.2, 0) is 66.8 Å². The lowest BCUT2D eigenvalue weighted by Crippen LogP contribution is -2.24. The Morgan fingerprint density at radius 1 is 0.532 bits per heavy atom. The number of aromatic nitrogens is 6. The Hall–Kier alpha value is -5.80. The summed E-state index contributed by atoms with van der Waals surface area (Å²) in [6.45, 7) is 10.2. The van der Waals surface area contributed by atoms with E-state index in [0.717, 1.165) is 64.1 Å². The van der Waals surface area contributed by atoms with Crippen LogP contribution in [0.3, 0.4) is 0 Å². The molecule has 0 unspecified atom stereocenters. The van der Waals surface area contributed by atoms with Crippen LogP contribution in [0, 0.1) is 20.8 Å². The molecular weight excluding hydrogens is 820 g/mol. The summed E-state index contributed by atoms with van der Waals surface area (Å²) in [5.74, 6) is 0. The Morgan fingerprint density at radius 3 is 1.18 bits per heavy atom. The number of aryl methyl sites for hydroxylation is 3. The van der Waals surface area contributed by atoms with Gasteiger partial charge in [-0.3, -0.25) is 43.9 Å². The van der Waals surface area contributed by atoms with Crippen LogP contribution in [0.25, 0.3) is 0 Å². The Morgan fingerprint density at radius 2 is 0.887 bits per heavy atom. The van der Waals surface area contributed by atoms with Crippen molar-refractivity contribution in [1.82, 2.24) is 39.7 Å². The van der Waals surface area contributed by atoms with Crippen LogP contribution in [0.1, 0.15) is 62.0 Å². The van der Waals surface area contributed by atoms with E-state index < -0.39 is 10.1 Å². The quantitative estimate of drug-likeness (QED) is 0.0931. The number of hydrogen-bond donors (Lipinski definition) is 1. The minimum Gasteiger partial charge on any atom is -0.392 e. The maximum absolute atomic E-state index is 11.1. The fourth-order valence-electron chi connectivity index (χ4n) is 6.29. The maximum Gasteiger partial charge on any atom is 0.264 e. The number of rotatable bonds is 16. The molecule has 322 valence electrons. The summed E-state index contributed by atoms with van der Waals surface area (Å²) in [6, 6.07) is 35.3. The Balaban J connectivity index is 0.000000193. The molecule has 1 N–H and O–H groups in total. The van der Waals surface area contributed by atoms with Crippen LogP contribution in [0.15, 0.2) is 146 Å². The molecule has 0 aliphatic carbocycles. The van der Waals surface area contributed by atoms with E-state index in [9.17, 15) is 8.42 Å². The molecule has 0 aliphatic heterocycles. The SMILES string of the molecule is CS(=O)(=O)OCc1ccc(CN(Cc2ccccn2)Cc2ccccn2)nc1.Cc1cc(C)c(Cl)c(C)c1.OCc1ccc(CN(Cc2ccccn2)Cc2ccccn2)nc1. The molecule has 6 heterocycles. The Kier molecular flexibility index (Phi) is 18.7. The molecule has 0 amide bonds. The van der Waals surface area contributed by atoms with Crippen molar-refractivity contribution in [3.05, 3.63) is 213 Å². The number of aliphatic hydroxyl groups excluding tert-OH is 1. The van der Waals surface area contributed by atoms with Crippen molar-refractivity contribution in [3.63, 3.8) is 0 Å². The van der Waals surface area contributed by atoms with Crippen molar-refractivity contribution in [2.75, 3.05) is 6.26 Å². The molecule has 0 atom stereocenters. The van der Waals surface area contributed by atoms with Crippen molar-refractivity contribution < 1.29 is 17.7 Å². The van der Waals surface area contributed by atoms with Crippen molar-refractivity contribution in [3.8, 4) is 0 Å². The highest BCUT2D eigenvalue weighted by Crippen LogP contribution is 2.21. The zero-order chi connectivity index (χ0) is 44.2. The van der Waals surface area contributed by atoms with Crippen molar-refractivity contribution in [2.24, 2.45) is 0 Å². The van der Waals surface area contributed by atoms with Gasteiger partial charge in [-0.15, -0.1) is 0 Å². The third kappa shape index (κ3) is 17.3. The minimum atomic E-state index is -3.47. The fourth-order valence-corrected chi connectivity index (χ4v) is 6.75. The molecule has 0 bridgehead atoms. The van der Waals surface area contributed by atoms with E-state index in [2.05, 4.69) is 58.8 Å². The van der Waals surface area contributed by atoms with Crippen molar-refractivity contribution in [1.29, 1.82) is 0 Å². The first kappa shape index (κ1) is 47.3. The standard InChI is InChI=1S/C20H22N4O3S.C19H20N4O.C9H11Cl/c1-28(25,26)27-16-17-8-9-20(23-12-17)15-24(13-18-6-2-4-10-21-18)14-19-7-3-5-11-22-19;24-15-16-7-8-19(22-11-16)14-23(12-17-5-1-3-9-20-17)13-18-6-2-4-10-21-18;1-6-4-7(2)9(10)8(3)5-6/h2-12H,13-16H2,1H3;1-11,24H,12-15H2;4-5H,1-3H3. The van der Waals surface area contributed by atoms with Gasteiger partial charge < -0.3 is 5.11 Å². The van der Waals surface area contributed by atoms with Gasteiger partial charge in [0.15, 0.2) is 0 Å². The number of aliphatic hydroxyl groups is 1. The van der Waals surface area contributed by atoms with Crippen LogP contribution in [0.5, 0.6) is 0 Å². The number of nitrogens with zero attached hydrogens (tertiary/aromatic N) is 8. The summed E-state index contributed by atoms with van der Waals surface area (Å²) in [5.41, 5.74) is 10.9. The highest BCUT2D eigenvalue weighted by molar-refractivity contribution is 7.85. The molecular formula is C48H53ClN8O4S. The van der Waals surface area contributed by atoms with Crippen molar-refractivity contribution >= 4 is 21.7 Å². The van der Waals surface area contributed by atoms with Gasteiger partial charge in [0.2, 0.25) is 0 Å². The molecule has 6 aromatic heterocycles. The average molecular weight is 874 g/mol. The molecule has 0 radical (unpaired) electrons. The molecule has 14 heteroatoms. The van der Waals surface area contributed by atoms with Crippen LogP contribution >= 0.6 is 11.6 Å². The van der Waals surface area contributed by atoms with Crippen molar-refractivity contribution in [2.45, 2.75) is 73.3 Å². The van der Waals surface area contributed by atoms with E-state index in [1.54, 1.807) is 24.8 Å². The molecule has 0 aliphatic rings. The van der Waals surface area contributed by atoms with Gasteiger partial charge in [0, 0.05) is 81.5 Å². The summed E-state index contributed by atoms with van der Waals surface area (Å²) in [6.07, 6.45) is 11.6. The zero-order valence-corrected chi connectivity index (χ0v) is 37.1. The minimum absolute atomic E-state index is 0.0128. The first-order chi connectivity index (χ1) is 29.9. The molecule has 0 fully saturated rings. The van der Waals surface area contributed by atoms with Gasteiger partial charge in [0.1, 0.15) is 0 Å². The largest absolute Gasteiger partial charge is 0.392 e. The lowest BCUT2D eigenvalue weighted by atomic mass is 10.1. The maximum atomic E-state index is 11.1. The molecule has 0 spiro atoms. The highest BCUT2D eigenvalue weighted by Gasteiger charge is 2.13. The van der Waals surface area contributed by atoms with E-state index in [0.29, 0.717) is 31.7 Å². The van der Waals surface area contributed by atoms with Gasteiger partial charge in [0.25, 0.3) is 10.1 Å². The second-order valence-electron chi connectivity index (χ2n) is 14.7. The van der Waals surface area contributed by atoms with Crippen LogP contribution in [0.2, 0.25) is 5.02 Å². The van der Waals surface area contributed by atoms with Gasteiger partial charge >= 0.3 is 0 Å². The molecule has 1 aromatic carbocycles. The van der Waals surface area contributed by atoms with Gasteiger partial charge in [-0.2, -0.15) is 8.42 Å². The lowest BCUT2D eigenvalue weighted by Gasteiger charge is -2.21. The fraction of sp³-hybridized carbons (Fsp3) is 0.250. The second kappa shape index (κ2) is 24.6. The monoisotopic (exact) mass is 872 g/mol. The van der Waals surface area contributed by atoms with E-state index in [1.165, 1.54) is 16.7 Å². The van der Waals surface area contributed by atoms with Crippen LogP contribution < -0.4 is 0 Å². The smallest absolute Gasteiger partial charge is 0.264 e. The van der Waals surface area contributed by atoms with Gasteiger partial charge in [-0.1, -0.05) is 65.7 Å². The number of hydrogen-bond acceptors (Lipinski definition) is 12. The summed E-state index contributed by atoms with van der Waals surface area (Å²) >= 11 is 5.95. The van der Waals surface area contributed by atoms with E-state index in [-0.39, 0.29) is 13.2 Å². The van der Waals surface area contributed by atoms with E-state index in [4.69, 9.17) is 20.9 Å². The predicted octanol–water partition coefficient (Wildman–Crippen LogP) is 8.38. The third-order valence-corrected chi connectivity index (χ3v) is 10.3. The summed E-state index contributed by atoms with van der Waals surface area (Å²) in [4.78, 5) is 31.0. The second-order valence-corrected chi connectivity index (χ2v) is 16.7. The third-order valence-electron chi connectivity index (χ3n) is 9.19. The first-order valence-electron chi connectivity index (χ1n) is 20.0. The molecule has 7 aromatic rings. The van der Waals surface area contributed by atoms with Gasteiger partial charge in [0.05, 0.1) is 53.6 Å². The van der Waals surface area contributed by atoms with Gasteiger partial charge in [-0.05, 0) is 104 Å². The molecule has 7 rings (SSSR count). The Bertz CT molecular complexity index is 2370. The Labute approximate surface area is 370 Å². The van der Waals surface area contributed by atoms with E-state index in [1.807, 2.05) is 123 Å². The molecule has 12 nitrogen and oxygen atoms in total. The highest BCUT2D eigenvalue weighted by atomic mass is 35.5. The topological polar surface area (TPSA) is 147 Å². The predicted molar refractivity (Wildman–Crippen MR) is 243 cm³/mol. The zero-order valence-electron chi connectivity index (χ0n) is 35.5. The summed E-state index contributed by atoms with van der Waals surface area (Å²) in [7, 11) is -3.47. The lowest BCUT2D eigenvalue weighted by molar-refractivity contribution is 0.238. The van der Waals surface area contributed by atoms with Crippen LogP contribution in [-0.4, -0.2) is 59.5 Å². The van der Waals surface area contributed by atoms with Crippen LogP contribution in [0.4, 0.5) is 0 Å². The molecule has 62 heavy (non-hydrogen) atoms.